The fraction of sp³-hybridized carbons (Fsp3) is 0.864. The van der Waals surface area contributed by atoms with E-state index in [1.165, 1.54) is 218 Å². The summed E-state index contributed by atoms with van der Waals surface area (Å²) < 4.78 is 17.5. The molecular weight excluding hydrogens is 789 g/mol. The lowest BCUT2D eigenvalue weighted by atomic mass is 10.0. The van der Waals surface area contributed by atoms with Gasteiger partial charge in [0.2, 0.25) is 0 Å². The minimum absolute atomic E-state index is 0.0849. The molecule has 376 valence electrons. The Bertz CT molecular complexity index is 1020. The van der Waals surface area contributed by atoms with Crippen molar-refractivity contribution in [1.29, 1.82) is 0 Å². The highest BCUT2D eigenvalue weighted by Crippen LogP contribution is 2.16. The van der Waals surface area contributed by atoms with E-state index in [9.17, 15) is 9.59 Å². The Morgan fingerprint density at radius 3 is 1.09 bits per heavy atom. The summed E-state index contributed by atoms with van der Waals surface area (Å²) in [4.78, 5) is 25.5. The summed E-state index contributed by atoms with van der Waals surface area (Å²) >= 11 is 0. The van der Waals surface area contributed by atoms with Gasteiger partial charge < -0.3 is 14.2 Å². The number of carbonyl (C=O) groups excluding carboxylic acids is 2. The zero-order chi connectivity index (χ0) is 46.3. The fourth-order valence-electron chi connectivity index (χ4n) is 8.36. The van der Waals surface area contributed by atoms with Crippen LogP contribution in [0, 0.1) is 0 Å². The van der Waals surface area contributed by atoms with Crippen molar-refractivity contribution >= 4 is 11.9 Å². The lowest BCUT2D eigenvalue weighted by Crippen LogP contribution is -2.30. The molecule has 0 bridgehead atoms. The van der Waals surface area contributed by atoms with Crippen molar-refractivity contribution < 1.29 is 23.8 Å². The Hall–Kier alpha value is -1.88. The number of carbonyl (C=O) groups is 2. The van der Waals surface area contributed by atoms with E-state index in [2.05, 4.69) is 57.2 Å². The highest BCUT2D eigenvalue weighted by Gasteiger charge is 2.17. The second-order valence-electron chi connectivity index (χ2n) is 19.2. The first-order valence-electron chi connectivity index (χ1n) is 28.5. The summed E-state index contributed by atoms with van der Waals surface area (Å²) in [5.74, 6) is -0.395. The van der Waals surface area contributed by atoms with Crippen LogP contribution in [0.5, 0.6) is 0 Å². The second kappa shape index (κ2) is 55.4. The molecule has 0 aliphatic rings. The van der Waals surface area contributed by atoms with Gasteiger partial charge in [-0.3, -0.25) is 9.59 Å². The van der Waals surface area contributed by atoms with Crippen LogP contribution in [0.1, 0.15) is 303 Å². The zero-order valence-electron chi connectivity index (χ0n) is 43.3. The lowest BCUT2D eigenvalue weighted by molar-refractivity contribution is -0.163. The van der Waals surface area contributed by atoms with Gasteiger partial charge in [-0.1, -0.05) is 250 Å². The Morgan fingerprint density at radius 2 is 0.656 bits per heavy atom. The molecule has 1 atom stereocenters. The zero-order valence-corrected chi connectivity index (χ0v) is 43.3. The molecule has 0 aromatic heterocycles. The Morgan fingerprint density at radius 1 is 0.344 bits per heavy atom. The molecule has 0 rings (SSSR count). The smallest absolute Gasteiger partial charge is 0.306 e. The van der Waals surface area contributed by atoms with E-state index in [0.717, 1.165) is 51.4 Å². The van der Waals surface area contributed by atoms with Gasteiger partial charge in [-0.25, -0.2) is 0 Å². The van der Waals surface area contributed by atoms with Crippen LogP contribution >= 0.6 is 0 Å². The van der Waals surface area contributed by atoms with E-state index in [0.29, 0.717) is 19.4 Å². The first-order chi connectivity index (χ1) is 31.6. The first kappa shape index (κ1) is 62.1. The fourth-order valence-corrected chi connectivity index (χ4v) is 8.36. The molecule has 0 aromatic rings. The molecule has 0 spiro atoms. The van der Waals surface area contributed by atoms with Crippen molar-refractivity contribution in [3.8, 4) is 0 Å². The number of ether oxygens (including phenoxy) is 3. The average molecular weight is 900 g/mol. The van der Waals surface area contributed by atoms with Gasteiger partial charge in [0.05, 0.1) is 6.61 Å². The summed E-state index contributed by atoms with van der Waals surface area (Å²) in [6.45, 7) is 7.83. The highest BCUT2D eigenvalue weighted by molar-refractivity contribution is 5.70. The number of rotatable bonds is 53. The van der Waals surface area contributed by atoms with Crippen molar-refractivity contribution in [2.24, 2.45) is 0 Å². The molecule has 64 heavy (non-hydrogen) atoms. The van der Waals surface area contributed by atoms with E-state index in [1.807, 2.05) is 0 Å². The van der Waals surface area contributed by atoms with Crippen LogP contribution in [-0.4, -0.2) is 37.9 Å². The molecule has 0 aromatic carbocycles. The van der Waals surface area contributed by atoms with E-state index < -0.39 is 6.10 Å². The monoisotopic (exact) mass is 899 g/mol. The Kier molecular flexibility index (Phi) is 53.8. The van der Waals surface area contributed by atoms with E-state index in [-0.39, 0.29) is 25.2 Å². The molecule has 0 amide bonds. The van der Waals surface area contributed by atoms with Gasteiger partial charge in [0.1, 0.15) is 6.61 Å². The van der Waals surface area contributed by atoms with Gasteiger partial charge in [-0.05, 0) is 77.0 Å². The topological polar surface area (TPSA) is 61.8 Å². The summed E-state index contributed by atoms with van der Waals surface area (Å²) in [6.07, 6.45) is 67.3. The third-order valence-corrected chi connectivity index (χ3v) is 12.6. The molecule has 0 saturated carbocycles. The molecule has 0 aliphatic carbocycles. The number of esters is 2. The number of hydrogen-bond acceptors (Lipinski definition) is 5. The quantitative estimate of drug-likeness (QED) is 0.0346. The van der Waals surface area contributed by atoms with Gasteiger partial charge in [-0.15, -0.1) is 0 Å². The average Bonchev–Trinajstić information content (AvgIpc) is 3.30. The molecule has 0 fully saturated rings. The molecule has 0 heterocycles. The van der Waals surface area contributed by atoms with E-state index >= 15 is 0 Å². The van der Waals surface area contributed by atoms with Crippen LogP contribution < -0.4 is 0 Å². The highest BCUT2D eigenvalue weighted by atomic mass is 16.6. The van der Waals surface area contributed by atoms with Crippen LogP contribution in [0.15, 0.2) is 36.5 Å². The molecule has 1 unspecified atom stereocenters. The van der Waals surface area contributed by atoms with Crippen LogP contribution in [0.3, 0.4) is 0 Å². The predicted octanol–water partition coefficient (Wildman–Crippen LogP) is 19.4. The molecule has 0 radical (unpaired) electrons. The maximum atomic E-state index is 12.8. The standard InChI is InChI=1S/C59H110O5/c1-4-7-10-13-16-19-22-25-27-29-30-31-32-35-37-40-43-46-49-52-58(60)63-56-57(64-59(61)53-50-47-44-41-38-34-24-21-18-15-12-9-6-3)55-62-54-51-48-45-42-39-36-33-28-26-23-20-17-14-11-8-5-2/h16,19,21,24-25,27,57H,4-15,17-18,20,22-23,26,28-56H2,1-3H3/b19-16-,24-21-,27-25-. The minimum atomic E-state index is -0.537. The van der Waals surface area contributed by atoms with Crippen LogP contribution in [-0.2, 0) is 23.8 Å². The largest absolute Gasteiger partial charge is 0.462 e. The number of unbranched alkanes of at least 4 members (excludes halogenated alkanes) is 36. The van der Waals surface area contributed by atoms with E-state index in [1.54, 1.807) is 0 Å². The Labute approximate surface area is 400 Å². The van der Waals surface area contributed by atoms with E-state index in [4.69, 9.17) is 14.2 Å². The molecule has 0 saturated heterocycles. The maximum absolute atomic E-state index is 12.8. The molecule has 5 heteroatoms. The minimum Gasteiger partial charge on any atom is -0.462 e. The third-order valence-electron chi connectivity index (χ3n) is 12.6. The number of allylic oxidation sites excluding steroid dienone is 6. The SMILES string of the molecule is CCCCC/C=C\C/C=C\CCCCCCCCCCCC(=O)OCC(COCCCCCCCCCCCCCCCCCC)OC(=O)CCCCCCC/C=C\CCCCCC. The van der Waals surface area contributed by atoms with Crippen molar-refractivity contribution in [3.05, 3.63) is 36.5 Å². The van der Waals surface area contributed by atoms with Gasteiger partial charge >= 0.3 is 11.9 Å². The second-order valence-corrected chi connectivity index (χ2v) is 19.2. The third kappa shape index (κ3) is 52.7. The number of hydrogen-bond donors (Lipinski definition) is 0. The first-order valence-corrected chi connectivity index (χ1v) is 28.5. The maximum Gasteiger partial charge on any atom is 0.306 e. The van der Waals surface area contributed by atoms with Crippen molar-refractivity contribution in [2.45, 2.75) is 309 Å². The summed E-state index contributed by atoms with van der Waals surface area (Å²) in [6, 6.07) is 0. The van der Waals surface area contributed by atoms with Gasteiger partial charge in [0.15, 0.2) is 6.10 Å². The van der Waals surface area contributed by atoms with Gasteiger partial charge in [0, 0.05) is 19.4 Å². The molecular formula is C59H110O5. The lowest BCUT2D eigenvalue weighted by Gasteiger charge is -2.18. The van der Waals surface area contributed by atoms with Crippen molar-refractivity contribution in [1.82, 2.24) is 0 Å². The molecule has 5 nitrogen and oxygen atoms in total. The molecule has 0 aliphatic heterocycles. The summed E-state index contributed by atoms with van der Waals surface area (Å²) in [5.41, 5.74) is 0. The molecule has 0 N–H and O–H groups in total. The Balaban J connectivity index is 4.22. The normalized spacial score (nSPS) is 12.4. The van der Waals surface area contributed by atoms with Crippen molar-refractivity contribution in [2.75, 3.05) is 19.8 Å². The van der Waals surface area contributed by atoms with Crippen LogP contribution in [0.4, 0.5) is 0 Å². The van der Waals surface area contributed by atoms with Gasteiger partial charge in [-0.2, -0.15) is 0 Å². The van der Waals surface area contributed by atoms with Crippen LogP contribution in [0.25, 0.3) is 0 Å². The van der Waals surface area contributed by atoms with Gasteiger partial charge in [0.25, 0.3) is 0 Å². The summed E-state index contributed by atoms with van der Waals surface area (Å²) in [5, 5.41) is 0. The van der Waals surface area contributed by atoms with Crippen molar-refractivity contribution in [3.63, 3.8) is 0 Å². The predicted molar refractivity (Wildman–Crippen MR) is 279 cm³/mol. The van der Waals surface area contributed by atoms with Crippen LogP contribution in [0.2, 0.25) is 0 Å². The summed E-state index contributed by atoms with van der Waals surface area (Å²) in [7, 11) is 0.